The number of halogens is 1. The molecule has 1 aromatic carbocycles. The highest BCUT2D eigenvalue weighted by atomic mass is 35.5. The Hall–Kier alpha value is -2.60. The summed E-state index contributed by atoms with van der Waals surface area (Å²) < 4.78 is 0. The predicted molar refractivity (Wildman–Crippen MR) is 82.6 cm³/mol. The van der Waals surface area contributed by atoms with Gasteiger partial charge in [-0.2, -0.15) is 0 Å². The molecule has 0 saturated carbocycles. The smallest absolute Gasteiger partial charge is 0.323 e. The summed E-state index contributed by atoms with van der Waals surface area (Å²) in [5.41, 5.74) is 1.55. The number of nitrogens with one attached hydrogen (secondary N) is 3. The molecule has 7 heteroatoms. The van der Waals surface area contributed by atoms with E-state index in [0.717, 1.165) is 0 Å². The lowest BCUT2D eigenvalue weighted by Gasteiger charge is -2.09. The van der Waals surface area contributed by atoms with E-state index in [1.807, 2.05) is 0 Å². The molecule has 0 aliphatic rings. The Labute approximate surface area is 126 Å². The normalized spacial score (nSPS) is 9.81. The van der Waals surface area contributed by atoms with Gasteiger partial charge in [0.15, 0.2) is 5.15 Å². The maximum atomic E-state index is 11.9. The first-order valence-electron chi connectivity index (χ1n) is 6.11. The van der Waals surface area contributed by atoms with E-state index in [2.05, 4.69) is 20.9 Å². The average Bonchev–Trinajstić information content (AvgIpc) is 2.41. The first kappa shape index (κ1) is 14.8. The second-order valence-corrected chi connectivity index (χ2v) is 4.54. The van der Waals surface area contributed by atoms with Crippen LogP contribution in [0.2, 0.25) is 5.15 Å². The number of benzene rings is 1. The number of hydrogen-bond acceptors (Lipinski definition) is 3. The van der Waals surface area contributed by atoms with Gasteiger partial charge in [-0.05, 0) is 30.3 Å². The summed E-state index contributed by atoms with van der Waals surface area (Å²) in [6.45, 7) is 1.41. The van der Waals surface area contributed by atoms with E-state index in [9.17, 15) is 9.59 Å². The van der Waals surface area contributed by atoms with Crippen LogP contribution in [0.15, 0.2) is 42.6 Å². The summed E-state index contributed by atoms with van der Waals surface area (Å²) >= 11 is 5.85. The summed E-state index contributed by atoms with van der Waals surface area (Å²) in [6, 6.07) is 9.65. The van der Waals surface area contributed by atoms with Crippen LogP contribution in [0, 0.1) is 0 Å². The number of aromatic nitrogens is 1. The Kier molecular flexibility index (Phi) is 4.73. The minimum atomic E-state index is -0.454. The third-order valence-corrected chi connectivity index (χ3v) is 2.75. The van der Waals surface area contributed by atoms with Crippen LogP contribution in [0.5, 0.6) is 0 Å². The molecule has 0 saturated heterocycles. The molecule has 108 valence electrons. The number of urea groups is 1. The largest absolute Gasteiger partial charge is 0.326 e. The molecule has 2 aromatic rings. The molecule has 1 aromatic heterocycles. The maximum Gasteiger partial charge on any atom is 0.323 e. The minimum Gasteiger partial charge on any atom is -0.326 e. The zero-order valence-corrected chi connectivity index (χ0v) is 11.9. The first-order valence-corrected chi connectivity index (χ1v) is 6.48. The van der Waals surface area contributed by atoms with Crippen molar-refractivity contribution in [3.8, 4) is 0 Å². The Balaban J connectivity index is 2.03. The molecule has 0 fully saturated rings. The molecule has 0 atom stereocenters. The van der Waals surface area contributed by atoms with Crippen molar-refractivity contribution in [2.75, 3.05) is 16.0 Å². The van der Waals surface area contributed by atoms with Crippen molar-refractivity contribution in [1.29, 1.82) is 0 Å². The molecular weight excluding hydrogens is 292 g/mol. The quantitative estimate of drug-likeness (QED) is 0.760. The molecule has 0 bridgehead atoms. The summed E-state index contributed by atoms with van der Waals surface area (Å²) in [6.07, 6.45) is 1.53. The number of hydrogen-bond donors (Lipinski definition) is 3. The zero-order valence-electron chi connectivity index (χ0n) is 11.2. The standard InChI is InChI=1S/C14H13ClN4O2/c1-9(20)17-10-4-2-5-11(8-10)18-14(21)19-12-6-3-7-16-13(12)15/h2-8H,1H3,(H,17,20)(H2,18,19,21). The van der Waals surface area contributed by atoms with Gasteiger partial charge in [-0.1, -0.05) is 17.7 Å². The van der Waals surface area contributed by atoms with Gasteiger partial charge in [0.1, 0.15) is 0 Å². The summed E-state index contributed by atoms with van der Waals surface area (Å²) in [7, 11) is 0. The summed E-state index contributed by atoms with van der Waals surface area (Å²) in [4.78, 5) is 26.7. The zero-order chi connectivity index (χ0) is 15.2. The number of carbonyl (C=O) groups excluding carboxylic acids is 2. The number of rotatable bonds is 3. The van der Waals surface area contributed by atoms with Crippen molar-refractivity contribution >= 4 is 40.6 Å². The van der Waals surface area contributed by atoms with Crippen molar-refractivity contribution in [3.63, 3.8) is 0 Å². The van der Waals surface area contributed by atoms with Gasteiger partial charge in [0.2, 0.25) is 5.91 Å². The lowest BCUT2D eigenvalue weighted by Crippen LogP contribution is -2.19. The Morgan fingerprint density at radius 3 is 2.43 bits per heavy atom. The highest BCUT2D eigenvalue weighted by molar-refractivity contribution is 6.32. The van der Waals surface area contributed by atoms with E-state index in [4.69, 9.17) is 11.6 Å². The molecule has 3 amide bonds. The topological polar surface area (TPSA) is 83.1 Å². The van der Waals surface area contributed by atoms with Crippen molar-refractivity contribution < 1.29 is 9.59 Å². The van der Waals surface area contributed by atoms with E-state index in [1.165, 1.54) is 13.1 Å². The fraction of sp³-hybridized carbons (Fsp3) is 0.0714. The van der Waals surface area contributed by atoms with Crippen LogP contribution >= 0.6 is 11.6 Å². The molecule has 0 aliphatic heterocycles. The fourth-order valence-electron chi connectivity index (χ4n) is 1.64. The molecule has 21 heavy (non-hydrogen) atoms. The minimum absolute atomic E-state index is 0.182. The van der Waals surface area contributed by atoms with Crippen LogP contribution in [-0.4, -0.2) is 16.9 Å². The molecule has 2 rings (SSSR count). The van der Waals surface area contributed by atoms with Gasteiger partial charge < -0.3 is 16.0 Å². The first-order chi connectivity index (χ1) is 10.0. The van der Waals surface area contributed by atoms with Gasteiger partial charge in [0, 0.05) is 24.5 Å². The van der Waals surface area contributed by atoms with Crippen molar-refractivity contribution in [2.45, 2.75) is 6.92 Å². The van der Waals surface area contributed by atoms with Crippen LogP contribution in [0.4, 0.5) is 21.9 Å². The van der Waals surface area contributed by atoms with Crippen LogP contribution in [-0.2, 0) is 4.79 Å². The molecule has 0 aliphatic carbocycles. The van der Waals surface area contributed by atoms with Gasteiger partial charge in [-0.15, -0.1) is 0 Å². The van der Waals surface area contributed by atoms with E-state index >= 15 is 0 Å². The van der Waals surface area contributed by atoms with Crippen molar-refractivity contribution in [2.24, 2.45) is 0 Å². The molecule has 0 radical (unpaired) electrons. The van der Waals surface area contributed by atoms with Crippen LogP contribution in [0.25, 0.3) is 0 Å². The SMILES string of the molecule is CC(=O)Nc1cccc(NC(=O)Nc2cccnc2Cl)c1. The highest BCUT2D eigenvalue weighted by Crippen LogP contribution is 2.19. The second-order valence-electron chi connectivity index (χ2n) is 4.18. The Bertz CT molecular complexity index is 676. The summed E-state index contributed by atoms with van der Waals surface area (Å²) in [5.74, 6) is -0.182. The lowest BCUT2D eigenvalue weighted by atomic mass is 10.2. The fourth-order valence-corrected chi connectivity index (χ4v) is 1.81. The van der Waals surface area contributed by atoms with E-state index < -0.39 is 6.03 Å². The monoisotopic (exact) mass is 304 g/mol. The molecule has 3 N–H and O–H groups in total. The third kappa shape index (κ3) is 4.47. The van der Waals surface area contributed by atoms with Crippen LogP contribution < -0.4 is 16.0 Å². The second kappa shape index (κ2) is 6.71. The van der Waals surface area contributed by atoms with Crippen molar-refractivity contribution in [3.05, 3.63) is 47.7 Å². The predicted octanol–water partition coefficient (Wildman–Crippen LogP) is 3.34. The summed E-state index contributed by atoms with van der Waals surface area (Å²) in [5, 5.41) is 8.07. The number of amides is 3. The van der Waals surface area contributed by atoms with Crippen LogP contribution in [0.3, 0.4) is 0 Å². The lowest BCUT2D eigenvalue weighted by molar-refractivity contribution is -0.114. The Morgan fingerprint density at radius 1 is 1.05 bits per heavy atom. The molecular formula is C14H13ClN4O2. The molecule has 0 spiro atoms. The van der Waals surface area contributed by atoms with Gasteiger partial charge in [-0.3, -0.25) is 4.79 Å². The third-order valence-electron chi connectivity index (χ3n) is 2.45. The number of pyridine rings is 1. The Morgan fingerprint density at radius 2 is 1.76 bits per heavy atom. The highest BCUT2D eigenvalue weighted by Gasteiger charge is 2.06. The average molecular weight is 305 g/mol. The van der Waals surface area contributed by atoms with E-state index in [-0.39, 0.29) is 11.1 Å². The number of carbonyl (C=O) groups is 2. The van der Waals surface area contributed by atoms with Gasteiger partial charge in [0.25, 0.3) is 0 Å². The number of anilines is 3. The van der Waals surface area contributed by atoms with Gasteiger partial charge in [0.05, 0.1) is 5.69 Å². The van der Waals surface area contributed by atoms with Gasteiger partial charge in [-0.25, -0.2) is 9.78 Å². The molecule has 6 nitrogen and oxygen atoms in total. The molecule has 1 heterocycles. The van der Waals surface area contributed by atoms with Crippen molar-refractivity contribution in [1.82, 2.24) is 4.98 Å². The van der Waals surface area contributed by atoms with Crippen LogP contribution in [0.1, 0.15) is 6.92 Å². The maximum absolute atomic E-state index is 11.9. The van der Waals surface area contributed by atoms with Gasteiger partial charge >= 0.3 is 6.03 Å². The number of nitrogens with zero attached hydrogens (tertiary/aromatic N) is 1. The van der Waals surface area contributed by atoms with E-state index in [0.29, 0.717) is 17.1 Å². The molecule has 0 unspecified atom stereocenters. The van der Waals surface area contributed by atoms with E-state index in [1.54, 1.807) is 36.4 Å².